The van der Waals surface area contributed by atoms with Crippen LogP contribution in [0.25, 0.3) is 0 Å². The van der Waals surface area contributed by atoms with Gasteiger partial charge in [0.2, 0.25) is 0 Å². The van der Waals surface area contributed by atoms with Gasteiger partial charge in [-0.1, -0.05) is 33.1 Å². The second kappa shape index (κ2) is 8.46. The third kappa shape index (κ3) is 4.08. The molecule has 3 heteroatoms. The Hall–Kier alpha value is -0.830. The van der Waals surface area contributed by atoms with Crippen LogP contribution in [0.3, 0.4) is 0 Å². The van der Waals surface area contributed by atoms with E-state index >= 15 is 0 Å². The molecule has 1 N–H and O–H groups in total. The number of aromatic nitrogens is 2. The van der Waals surface area contributed by atoms with Crippen LogP contribution in [0.2, 0.25) is 0 Å². The van der Waals surface area contributed by atoms with Gasteiger partial charge < -0.3 is 5.32 Å². The summed E-state index contributed by atoms with van der Waals surface area (Å²) < 4.78 is 2.25. The van der Waals surface area contributed by atoms with Gasteiger partial charge in [0, 0.05) is 24.4 Å². The van der Waals surface area contributed by atoms with Gasteiger partial charge in [0.05, 0.1) is 0 Å². The summed E-state index contributed by atoms with van der Waals surface area (Å²) in [6.07, 6.45) is 11.3. The van der Waals surface area contributed by atoms with Crippen LogP contribution in [0.4, 0.5) is 0 Å². The number of hydrogen-bond donors (Lipinski definition) is 1. The Morgan fingerprint density at radius 1 is 1.20 bits per heavy atom. The molecule has 1 saturated carbocycles. The van der Waals surface area contributed by atoms with Crippen molar-refractivity contribution in [2.45, 2.75) is 71.3 Å². The van der Waals surface area contributed by atoms with Crippen LogP contribution in [0.1, 0.15) is 70.4 Å². The molecule has 2 unspecified atom stereocenters. The monoisotopic (exact) mass is 277 g/mol. The van der Waals surface area contributed by atoms with E-state index in [2.05, 4.69) is 35.0 Å². The lowest BCUT2D eigenvalue weighted by atomic mass is 9.85. The van der Waals surface area contributed by atoms with Crippen LogP contribution in [0, 0.1) is 5.92 Å². The zero-order valence-electron chi connectivity index (χ0n) is 13.3. The lowest BCUT2D eigenvalue weighted by Gasteiger charge is -2.26. The molecule has 1 aliphatic rings. The smallest absolute Gasteiger partial charge is 0.0492 e. The van der Waals surface area contributed by atoms with Gasteiger partial charge in [-0.25, -0.2) is 0 Å². The average molecular weight is 277 g/mol. The van der Waals surface area contributed by atoms with E-state index in [0.29, 0.717) is 5.92 Å². The number of hydrogen-bond acceptors (Lipinski definition) is 2. The van der Waals surface area contributed by atoms with Crippen LogP contribution in [0.15, 0.2) is 12.3 Å². The highest BCUT2D eigenvalue weighted by Gasteiger charge is 2.27. The first-order valence-corrected chi connectivity index (χ1v) is 8.59. The molecule has 0 spiro atoms. The van der Waals surface area contributed by atoms with Gasteiger partial charge in [-0.15, -0.1) is 0 Å². The van der Waals surface area contributed by atoms with E-state index in [1.54, 1.807) is 0 Å². The number of nitrogens with zero attached hydrogens (tertiary/aromatic N) is 2. The molecule has 0 saturated heterocycles. The van der Waals surface area contributed by atoms with E-state index < -0.39 is 0 Å². The van der Waals surface area contributed by atoms with Crippen molar-refractivity contribution >= 4 is 0 Å². The Kier molecular flexibility index (Phi) is 6.58. The lowest BCUT2D eigenvalue weighted by molar-refractivity contribution is 0.356. The molecule has 1 aliphatic carbocycles. The van der Waals surface area contributed by atoms with Crippen molar-refractivity contribution in [3.05, 3.63) is 18.0 Å². The van der Waals surface area contributed by atoms with Crippen LogP contribution in [0.5, 0.6) is 0 Å². The molecule has 0 radical (unpaired) electrons. The molecule has 0 amide bonds. The zero-order chi connectivity index (χ0) is 14.2. The minimum atomic E-state index is 0.705. The summed E-state index contributed by atoms with van der Waals surface area (Å²) in [7, 11) is 0. The van der Waals surface area contributed by atoms with E-state index in [4.69, 9.17) is 0 Å². The van der Waals surface area contributed by atoms with Crippen molar-refractivity contribution < 1.29 is 0 Å². The van der Waals surface area contributed by atoms with E-state index in [1.807, 2.05) is 6.20 Å². The second-order valence-electron chi connectivity index (χ2n) is 6.19. The van der Waals surface area contributed by atoms with Crippen LogP contribution in [-0.4, -0.2) is 22.9 Å². The van der Waals surface area contributed by atoms with Crippen molar-refractivity contribution in [3.63, 3.8) is 0 Å². The van der Waals surface area contributed by atoms with Crippen molar-refractivity contribution in [1.82, 2.24) is 15.1 Å². The largest absolute Gasteiger partial charge is 0.316 e. The standard InChI is InChI=1S/C17H31N3/c1-3-11-18-14-15-8-6-5-7-9-16(15)17-10-12-19-20(17)13-4-2/h10,12,15-16,18H,3-9,11,13-14H2,1-2H3. The Balaban J connectivity index is 2.08. The first-order valence-electron chi connectivity index (χ1n) is 8.59. The van der Waals surface area contributed by atoms with Gasteiger partial charge >= 0.3 is 0 Å². The molecule has 1 fully saturated rings. The average Bonchev–Trinajstić information content (AvgIpc) is 2.78. The first-order chi connectivity index (χ1) is 9.86. The topological polar surface area (TPSA) is 29.9 Å². The predicted molar refractivity (Wildman–Crippen MR) is 85.0 cm³/mol. The minimum Gasteiger partial charge on any atom is -0.316 e. The lowest BCUT2D eigenvalue weighted by Crippen LogP contribution is -2.28. The summed E-state index contributed by atoms with van der Waals surface area (Å²) in [5, 5.41) is 8.19. The van der Waals surface area contributed by atoms with E-state index in [1.165, 1.54) is 57.2 Å². The van der Waals surface area contributed by atoms with Gasteiger partial charge in [0.25, 0.3) is 0 Å². The van der Waals surface area contributed by atoms with Gasteiger partial charge in [0.15, 0.2) is 0 Å². The predicted octanol–water partition coefficient (Wildman–Crippen LogP) is 3.96. The number of rotatable bonds is 7. The summed E-state index contributed by atoms with van der Waals surface area (Å²) in [5.41, 5.74) is 1.48. The molecule has 1 heterocycles. The zero-order valence-corrected chi connectivity index (χ0v) is 13.3. The highest BCUT2D eigenvalue weighted by atomic mass is 15.3. The van der Waals surface area contributed by atoms with E-state index in [-0.39, 0.29) is 0 Å². The number of aryl methyl sites for hydroxylation is 1. The minimum absolute atomic E-state index is 0.705. The highest BCUT2D eigenvalue weighted by molar-refractivity contribution is 5.10. The van der Waals surface area contributed by atoms with Crippen LogP contribution in [-0.2, 0) is 6.54 Å². The first kappa shape index (κ1) is 15.6. The van der Waals surface area contributed by atoms with Crippen LogP contribution < -0.4 is 5.32 Å². The third-order valence-electron chi connectivity index (χ3n) is 4.56. The van der Waals surface area contributed by atoms with E-state index in [0.717, 1.165) is 19.0 Å². The fraction of sp³-hybridized carbons (Fsp3) is 0.824. The van der Waals surface area contributed by atoms with Gasteiger partial charge in [-0.05, 0) is 50.8 Å². The molecule has 2 atom stereocenters. The Labute approximate surface area is 124 Å². The molecular weight excluding hydrogens is 246 g/mol. The Bertz CT molecular complexity index is 372. The van der Waals surface area contributed by atoms with Crippen molar-refractivity contribution in [2.75, 3.05) is 13.1 Å². The summed E-state index contributed by atoms with van der Waals surface area (Å²) in [6, 6.07) is 2.26. The van der Waals surface area contributed by atoms with Crippen molar-refractivity contribution in [3.8, 4) is 0 Å². The summed E-state index contributed by atoms with van der Waals surface area (Å²) >= 11 is 0. The quantitative estimate of drug-likeness (QED) is 0.604. The molecule has 1 aromatic rings. The Morgan fingerprint density at radius 2 is 2.05 bits per heavy atom. The second-order valence-corrected chi connectivity index (χ2v) is 6.19. The summed E-state index contributed by atoms with van der Waals surface area (Å²) in [6.45, 7) is 7.87. The van der Waals surface area contributed by atoms with Crippen molar-refractivity contribution in [2.24, 2.45) is 5.92 Å². The molecule has 0 aromatic carbocycles. The molecule has 3 nitrogen and oxygen atoms in total. The van der Waals surface area contributed by atoms with E-state index in [9.17, 15) is 0 Å². The molecule has 114 valence electrons. The van der Waals surface area contributed by atoms with Gasteiger partial charge in [0.1, 0.15) is 0 Å². The fourth-order valence-electron chi connectivity index (χ4n) is 3.54. The maximum absolute atomic E-state index is 4.54. The fourth-order valence-corrected chi connectivity index (χ4v) is 3.54. The molecule has 0 bridgehead atoms. The molecule has 20 heavy (non-hydrogen) atoms. The molecule has 2 rings (SSSR count). The SMILES string of the molecule is CCCNCC1CCCCCC1c1ccnn1CCC. The summed E-state index contributed by atoms with van der Waals surface area (Å²) in [4.78, 5) is 0. The normalized spacial score (nSPS) is 23.7. The van der Waals surface area contributed by atoms with Crippen LogP contribution >= 0.6 is 0 Å². The van der Waals surface area contributed by atoms with Crippen molar-refractivity contribution in [1.29, 1.82) is 0 Å². The molecule has 0 aliphatic heterocycles. The number of nitrogens with one attached hydrogen (secondary N) is 1. The Morgan fingerprint density at radius 3 is 2.85 bits per heavy atom. The third-order valence-corrected chi connectivity index (χ3v) is 4.56. The summed E-state index contributed by atoms with van der Waals surface area (Å²) in [5.74, 6) is 1.49. The molecular formula is C17H31N3. The van der Waals surface area contributed by atoms with Gasteiger partial charge in [-0.2, -0.15) is 5.10 Å². The molecule has 1 aromatic heterocycles. The maximum atomic E-state index is 4.54. The highest BCUT2D eigenvalue weighted by Crippen LogP contribution is 2.36. The van der Waals surface area contributed by atoms with Gasteiger partial charge in [-0.3, -0.25) is 4.68 Å². The maximum Gasteiger partial charge on any atom is 0.0492 e.